The van der Waals surface area contributed by atoms with Crippen LogP contribution >= 0.6 is 23.2 Å². The first kappa shape index (κ1) is 12.9. The Morgan fingerprint density at radius 3 is 2.56 bits per heavy atom. The molecule has 0 aliphatic heterocycles. The Balaban J connectivity index is 2.18. The van der Waals surface area contributed by atoms with Crippen LogP contribution in [0.5, 0.6) is 0 Å². The van der Waals surface area contributed by atoms with Gasteiger partial charge in [0.15, 0.2) is 0 Å². The summed E-state index contributed by atoms with van der Waals surface area (Å²) in [6.07, 6.45) is 0. The molecule has 4 heteroatoms. The molecule has 0 fully saturated rings. The molecule has 0 bridgehead atoms. The molecule has 0 unspecified atom stereocenters. The number of hydrogen-bond donors (Lipinski definition) is 1. The van der Waals surface area contributed by atoms with Crippen LogP contribution in [0.1, 0.15) is 15.9 Å². The Bertz CT molecular complexity index is 596. The van der Waals surface area contributed by atoms with E-state index in [1.54, 1.807) is 36.4 Å². The summed E-state index contributed by atoms with van der Waals surface area (Å²) < 4.78 is 0. The number of anilines is 1. The molecule has 2 aromatic rings. The normalized spacial score (nSPS) is 10.2. The molecule has 1 amide bonds. The summed E-state index contributed by atoms with van der Waals surface area (Å²) in [5.41, 5.74) is 2.15. The molecule has 0 saturated carbocycles. The largest absolute Gasteiger partial charge is 0.322 e. The van der Waals surface area contributed by atoms with E-state index in [0.29, 0.717) is 21.3 Å². The number of hydrogen-bond acceptors (Lipinski definition) is 1. The Labute approximate surface area is 116 Å². The monoisotopic (exact) mass is 279 g/mol. The maximum absolute atomic E-state index is 12.0. The van der Waals surface area contributed by atoms with Crippen molar-refractivity contribution in [2.45, 2.75) is 6.92 Å². The zero-order valence-electron chi connectivity index (χ0n) is 9.71. The van der Waals surface area contributed by atoms with Gasteiger partial charge in [-0.15, -0.1) is 0 Å². The van der Waals surface area contributed by atoms with Crippen LogP contribution in [0.25, 0.3) is 0 Å². The molecule has 2 nitrogen and oxygen atoms in total. The van der Waals surface area contributed by atoms with Gasteiger partial charge in [-0.05, 0) is 48.9 Å². The minimum absolute atomic E-state index is 0.195. The van der Waals surface area contributed by atoms with Crippen molar-refractivity contribution in [3.05, 3.63) is 63.6 Å². The van der Waals surface area contributed by atoms with E-state index in [1.807, 2.05) is 13.0 Å². The van der Waals surface area contributed by atoms with Crippen molar-refractivity contribution in [3.8, 4) is 0 Å². The van der Waals surface area contributed by atoms with Crippen LogP contribution in [0, 0.1) is 6.92 Å². The molecule has 0 aliphatic rings. The number of nitrogens with one attached hydrogen (secondary N) is 1. The third kappa shape index (κ3) is 3.03. The fourth-order valence-corrected chi connectivity index (χ4v) is 1.86. The van der Waals surface area contributed by atoms with Gasteiger partial charge in [0.2, 0.25) is 0 Å². The quantitative estimate of drug-likeness (QED) is 0.858. The highest BCUT2D eigenvalue weighted by atomic mass is 35.5. The molecule has 0 aromatic heterocycles. The molecule has 0 spiro atoms. The molecule has 0 saturated heterocycles. The summed E-state index contributed by atoms with van der Waals surface area (Å²) >= 11 is 11.8. The smallest absolute Gasteiger partial charge is 0.255 e. The van der Waals surface area contributed by atoms with Gasteiger partial charge in [0, 0.05) is 21.3 Å². The van der Waals surface area contributed by atoms with E-state index >= 15 is 0 Å². The van der Waals surface area contributed by atoms with Gasteiger partial charge >= 0.3 is 0 Å². The van der Waals surface area contributed by atoms with Gasteiger partial charge in [-0.25, -0.2) is 0 Å². The van der Waals surface area contributed by atoms with Gasteiger partial charge < -0.3 is 5.32 Å². The van der Waals surface area contributed by atoms with Gasteiger partial charge in [0.05, 0.1) is 0 Å². The van der Waals surface area contributed by atoms with Crippen LogP contribution in [-0.4, -0.2) is 5.91 Å². The third-order valence-electron chi connectivity index (χ3n) is 2.50. The third-order valence-corrected chi connectivity index (χ3v) is 3.16. The molecule has 1 N–H and O–H groups in total. The molecular weight excluding hydrogens is 269 g/mol. The highest BCUT2D eigenvalue weighted by Crippen LogP contribution is 2.20. The van der Waals surface area contributed by atoms with Crippen LogP contribution in [-0.2, 0) is 0 Å². The second-order valence-corrected chi connectivity index (χ2v) is 4.77. The maximum Gasteiger partial charge on any atom is 0.255 e. The van der Waals surface area contributed by atoms with Crippen molar-refractivity contribution < 1.29 is 4.79 Å². The zero-order chi connectivity index (χ0) is 13.1. The number of halogens is 2. The van der Waals surface area contributed by atoms with Gasteiger partial charge in [-0.2, -0.15) is 0 Å². The fourth-order valence-electron chi connectivity index (χ4n) is 1.56. The van der Waals surface area contributed by atoms with E-state index in [1.165, 1.54) is 0 Å². The van der Waals surface area contributed by atoms with E-state index in [-0.39, 0.29) is 5.91 Å². The summed E-state index contributed by atoms with van der Waals surface area (Å²) in [6.45, 7) is 1.89. The topological polar surface area (TPSA) is 29.1 Å². The number of amides is 1. The number of benzene rings is 2. The molecule has 2 rings (SSSR count). The number of carbonyl (C=O) groups excluding carboxylic acids is 1. The first-order valence-corrected chi connectivity index (χ1v) is 6.15. The lowest BCUT2D eigenvalue weighted by Crippen LogP contribution is -2.11. The van der Waals surface area contributed by atoms with E-state index in [2.05, 4.69) is 5.32 Å². The first-order valence-electron chi connectivity index (χ1n) is 5.39. The highest BCUT2D eigenvalue weighted by molar-refractivity contribution is 6.31. The van der Waals surface area contributed by atoms with E-state index in [0.717, 1.165) is 5.56 Å². The van der Waals surface area contributed by atoms with Crippen molar-refractivity contribution >= 4 is 34.8 Å². The Hall–Kier alpha value is -1.51. The summed E-state index contributed by atoms with van der Waals surface area (Å²) in [5, 5.41) is 4.01. The summed E-state index contributed by atoms with van der Waals surface area (Å²) in [4.78, 5) is 12.0. The predicted molar refractivity (Wildman–Crippen MR) is 75.6 cm³/mol. The zero-order valence-corrected chi connectivity index (χ0v) is 11.2. The van der Waals surface area contributed by atoms with Crippen LogP contribution in [0.4, 0.5) is 5.69 Å². The number of aryl methyl sites for hydroxylation is 1. The minimum Gasteiger partial charge on any atom is -0.322 e. The Kier molecular flexibility index (Phi) is 3.90. The maximum atomic E-state index is 12.0. The lowest BCUT2D eigenvalue weighted by Gasteiger charge is -2.07. The van der Waals surface area contributed by atoms with E-state index in [9.17, 15) is 4.79 Å². The van der Waals surface area contributed by atoms with Crippen molar-refractivity contribution in [1.29, 1.82) is 0 Å². The van der Waals surface area contributed by atoms with Crippen LogP contribution in [0.3, 0.4) is 0 Å². The molecule has 0 atom stereocenters. The van der Waals surface area contributed by atoms with Gasteiger partial charge in [0.1, 0.15) is 0 Å². The van der Waals surface area contributed by atoms with Gasteiger partial charge in [0.25, 0.3) is 5.91 Å². The molecule has 0 radical (unpaired) electrons. The van der Waals surface area contributed by atoms with Crippen LogP contribution < -0.4 is 5.32 Å². The highest BCUT2D eigenvalue weighted by Gasteiger charge is 2.07. The summed E-state index contributed by atoms with van der Waals surface area (Å²) in [6, 6.07) is 12.1. The number of carbonyl (C=O) groups is 1. The van der Waals surface area contributed by atoms with Gasteiger partial charge in [-0.1, -0.05) is 29.3 Å². The lowest BCUT2D eigenvalue weighted by molar-refractivity contribution is 0.102. The second kappa shape index (κ2) is 5.42. The summed E-state index contributed by atoms with van der Waals surface area (Å²) in [7, 11) is 0. The van der Waals surface area contributed by atoms with E-state index < -0.39 is 0 Å². The minimum atomic E-state index is -0.195. The average molecular weight is 280 g/mol. The van der Waals surface area contributed by atoms with Crippen molar-refractivity contribution in [2.24, 2.45) is 0 Å². The molecule has 2 aromatic carbocycles. The van der Waals surface area contributed by atoms with Crippen molar-refractivity contribution in [2.75, 3.05) is 5.32 Å². The summed E-state index contributed by atoms with van der Waals surface area (Å²) in [5.74, 6) is -0.195. The second-order valence-electron chi connectivity index (χ2n) is 3.93. The van der Waals surface area contributed by atoms with E-state index in [4.69, 9.17) is 23.2 Å². The van der Waals surface area contributed by atoms with Crippen molar-refractivity contribution in [1.82, 2.24) is 0 Å². The SMILES string of the molecule is Cc1cc(NC(=O)c2cccc(Cl)c2)ccc1Cl. The van der Waals surface area contributed by atoms with Crippen LogP contribution in [0.15, 0.2) is 42.5 Å². The molecular formula is C14H11Cl2NO. The fraction of sp³-hybridized carbons (Fsp3) is 0.0714. The Morgan fingerprint density at radius 1 is 1.11 bits per heavy atom. The van der Waals surface area contributed by atoms with Crippen molar-refractivity contribution in [3.63, 3.8) is 0 Å². The molecule has 18 heavy (non-hydrogen) atoms. The lowest BCUT2D eigenvalue weighted by atomic mass is 10.2. The van der Waals surface area contributed by atoms with Gasteiger partial charge in [-0.3, -0.25) is 4.79 Å². The average Bonchev–Trinajstić information content (AvgIpc) is 2.34. The van der Waals surface area contributed by atoms with Crippen LogP contribution in [0.2, 0.25) is 10.0 Å². The molecule has 92 valence electrons. The first-order chi connectivity index (χ1) is 8.56. The number of rotatable bonds is 2. The standard InChI is InChI=1S/C14H11Cl2NO/c1-9-7-12(5-6-13(9)16)17-14(18)10-3-2-4-11(15)8-10/h2-8H,1H3,(H,17,18). The predicted octanol–water partition coefficient (Wildman–Crippen LogP) is 4.55. The Morgan fingerprint density at radius 2 is 1.89 bits per heavy atom. The molecule has 0 heterocycles. The molecule has 0 aliphatic carbocycles.